The molecule has 2 atom stereocenters. The van der Waals surface area contributed by atoms with Gasteiger partial charge in [-0.1, -0.05) is 12.1 Å². The number of hydrogen-bond acceptors (Lipinski definition) is 6. The maximum absolute atomic E-state index is 12.4. The van der Waals surface area contributed by atoms with Crippen molar-refractivity contribution in [3.63, 3.8) is 0 Å². The average Bonchev–Trinajstić information content (AvgIpc) is 3.42. The first-order valence-electron chi connectivity index (χ1n) is 9.52. The number of ketones is 1. The molecule has 3 aromatic rings. The number of carbonyl (C=O) groups is 2. The first kappa shape index (κ1) is 19.5. The van der Waals surface area contributed by atoms with Crippen LogP contribution in [0.3, 0.4) is 0 Å². The standard InChI is InChI=1S/C22H22N2O4S/c1-2-27-15-8-6-14(7-9-15)20(25)12-28-22(26)19-13-29-21(24-19)17-4-3-5-18-16(17)10-11-23-18/h3-11,19,21,23-24H,2,12-13H2,1H3. The lowest BCUT2D eigenvalue weighted by Crippen LogP contribution is -2.36. The van der Waals surface area contributed by atoms with E-state index in [0.29, 0.717) is 23.7 Å². The molecular formula is C22H22N2O4S. The molecule has 2 heterocycles. The number of rotatable bonds is 7. The minimum absolute atomic E-state index is 0.00821. The van der Waals surface area contributed by atoms with Gasteiger partial charge in [-0.15, -0.1) is 11.8 Å². The van der Waals surface area contributed by atoms with Crippen LogP contribution in [0.1, 0.15) is 28.2 Å². The first-order valence-corrected chi connectivity index (χ1v) is 10.6. The number of aromatic nitrogens is 1. The lowest BCUT2D eigenvalue weighted by atomic mass is 10.1. The molecule has 0 spiro atoms. The van der Waals surface area contributed by atoms with Crippen LogP contribution in [-0.4, -0.2) is 41.7 Å². The van der Waals surface area contributed by atoms with Crippen LogP contribution >= 0.6 is 11.8 Å². The molecule has 0 amide bonds. The molecule has 1 aromatic heterocycles. The highest BCUT2D eigenvalue weighted by Gasteiger charge is 2.32. The molecule has 29 heavy (non-hydrogen) atoms. The number of hydrogen-bond donors (Lipinski definition) is 2. The van der Waals surface area contributed by atoms with E-state index in [-0.39, 0.29) is 17.8 Å². The number of fused-ring (bicyclic) bond motifs is 1. The van der Waals surface area contributed by atoms with Crippen molar-refractivity contribution in [2.45, 2.75) is 18.3 Å². The van der Waals surface area contributed by atoms with Crippen molar-refractivity contribution < 1.29 is 19.1 Å². The van der Waals surface area contributed by atoms with Gasteiger partial charge in [-0.25, -0.2) is 0 Å². The highest BCUT2D eigenvalue weighted by Crippen LogP contribution is 2.36. The summed E-state index contributed by atoms with van der Waals surface area (Å²) in [6.45, 7) is 2.20. The third-order valence-corrected chi connectivity index (χ3v) is 6.06. The number of Topliss-reactive ketones (excluding diaryl/α,β-unsaturated/α-hetero) is 1. The maximum Gasteiger partial charge on any atom is 0.324 e. The first-order chi connectivity index (χ1) is 14.2. The van der Waals surface area contributed by atoms with Crippen molar-refractivity contribution in [1.29, 1.82) is 0 Å². The van der Waals surface area contributed by atoms with Gasteiger partial charge in [-0.05, 0) is 48.9 Å². The van der Waals surface area contributed by atoms with Crippen LogP contribution < -0.4 is 10.1 Å². The van der Waals surface area contributed by atoms with E-state index in [9.17, 15) is 9.59 Å². The van der Waals surface area contributed by atoms with Gasteiger partial charge in [0, 0.05) is 28.4 Å². The van der Waals surface area contributed by atoms with Gasteiger partial charge < -0.3 is 14.5 Å². The van der Waals surface area contributed by atoms with Gasteiger partial charge in [0.05, 0.1) is 12.0 Å². The zero-order valence-corrected chi connectivity index (χ0v) is 16.8. The number of carbonyl (C=O) groups excluding carboxylic acids is 2. The third-order valence-electron chi connectivity index (χ3n) is 4.81. The molecule has 0 saturated carbocycles. The van der Waals surface area contributed by atoms with Gasteiger partial charge in [0.15, 0.2) is 12.4 Å². The molecule has 4 rings (SSSR count). The summed E-state index contributed by atoms with van der Waals surface area (Å²) in [4.78, 5) is 27.9. The molecule has 0 radical (unpaired) electrons. The van der Waals surface area contributed by atoms with Crippen LogP contribution in [0.25, 0.3) is 10.9 Å². The van der Waals surface area contributed by atoms with E-state index >= 15 is 0 Å². The quantitative estimate of drug-likeness (QED) is 0.457. The third kappa shape index (κ3) is 4.31. The summed E-state index contributed by atoms with van der Waals surface area (Å²) in [5, 5.41) is 4.47. The largest absolute Gasteiger partial charge is 0.494 e. The smallest absolute Gasteiger partial charge is 0.324 e. The van der Waals surface area contributed by atoms with Gasteiger partial charge in [-0.2, -0.15) is 0 Å². The van der Waals surface area contributed by atoms with E-state index < -0.39 is 12.0 Å². The van der Waals surface area contributed by atoms with Crippen LogP contribution in [0.15, 0.2) is 54.7 Å². The SMILES string of the molecule is CCOc1ccc(C(=O)COC(=O)C2CSC(c3cccc4[nH]ccc34)N2)cc1. The molecule has 0 aliphatic carbocycles. The van der Waals surface area contributed by atoms with Gasteiger partial charge in [0.2, 0.25) is 0 Å². The molecule has 1 fully saturated rings. The molecule has 6 nitrogen and oxygen atoms in total. The summed E-state index contributed by atoms with van der Waals surface area (Å²) in [6.07, 6.45) is 1.91. The Balaban J connectivity index is 1.32. The highest BCUT2D eigenvalue weighted by molar-refractivity contribution is 7.99. The van der Waals surface area contributed by atoms with Gasteiger partial charge in [0.1, 0.15) is 11.8 Å². The predicted octanol–water partition coefficient (Wildman–Crippen LogP) is 3.70. The van der Waals surface area contributed by atoms with E-state index in [0.717, 1.165) is 16.5 Å². The van der Waals surface area contributed by atoms with Gasteiger partial charge >= 0.3 is 5.97 Å². The summed E-state index contributed by atoms with van der Waals surface area (Å²) >= 11 is 1.66. The summed E-state index contributed by atoms with van der Waals surface area (Å²) < 4.78 is 10.6. The zero-order valence-electron chi connectivity index (χ0n) is 16.0. The number of ether oxygens (including phenoxy) is 2. The summed E-state index contributed by atoms with van der Waals surface area (Å²) in [6, 6.07) is 14.5. The van der Waals surface area contributed by atoms with Crippen LogP contribution in [0.4, 0.5) is 0 Å². The van der Waals surface area contributed by atoms with Crippen molar-refractivity contribution in [1.82, 2.24) is 10.3 Å². The Bertz CT molecular complexity index is 1020. The normalized spacial score (nSPS) is 18.7. The van der Waals surface area contributed by atoms with Crippen molar-refractivity contribution in [3.05, 3.63) is 65.9 Å². The predicted molar refractivity (Wildman–Crippen MR) is 113 cm³/mol. The van der Waals surface area contributed by atoms with E-state index in [1.165, 1.54) is 0 Å². The molecule has 150 valence electrons. The highest BCUT2D eigenvalue weighted by atomic mass is 32.2. The Morgan fingerprint density at radius 3 is 2.76 bits per heavy atom. The van der Waals surface area contributed by atoms with Crippen molar-refractivity contribution in [2.24, 2.45) is 0 Å². The molecule has 2 unspecified atom stereocenters. The Morgan fingerprint density at radius 2 is 1.97 bits per heavy atom. The Morgan fingerprint density at radius 1 is 1.14 bits per heavy atom. The van der Waals surface area contributed by atoms with Crippen LogP contribution in [0.2, 0.25) is 0 Å². The number of aromatic amines is 1. The van der Waals surface area contributed by atoms with E-state index in [1.54, 1.807) is 36.0 Å². The molecular weight excluding hydrogens is 388 g/mol. The fourth-order valence-corrected chi connectivity index (χ4v) is 4.61. The zero-order chi connectivity index (χ0) is 20.2. The lowest BCUT2D eigenvalue weighted by molar-refractivity contribution is -0.144. The van der Waals surface area contributed by atoms with Crippen molar-refractivity contribution in [2.75, 3.05) is 19.0 Å². The second-order valence-corrected chi connectivity index (χ2v) is 7.85. The second-order valence-electron chi connectivity index (χ2n) is 6.71. The number of nitrogens with one attached hydrogen (secondary N) is 2. The van der Waals surface area contributed by atoms with E-state index in [4.69, 9.17) is 9.47 Å². The van der Waals surface area contributed by atoms with Crippen LogP contribution in [0.5, 0.6) is 5.75 Å². The van der Waals surface area contributed by atoms with Crippen molar-refractivity contribution in [3.8, 4) is 5.75 Å². The Kier molecular flexibility index (Phi) is 5.87. The minimum Gasteiger partial charge on any atom is -0.494 e. The lowest BCUT2D eigenvalue weighted by Gasteiger charge is -2.14. The average molecular weight is 410 g/mol. The number of esters is 1. The van der Waals surface area contributed by atoms with Gasteiger partial charge in [-0.3, -0.25) is 14.9 Å². The van der Waals surface area contributed by atoms with E-state index in [1.807, 2.05) is 31.3 Å². The summed E-state index contributed by atoms with van der Waals surface area (Å²) in [7, 11) is 0. The molecule has 2 N–H and O–H groups in total. The minimum atomic E-state index is -0.438. The number of H-pyrrole nitrogens is 1. The molecule has 1 saturated heterocycles. The number of thioether (sulfide) groups is 1. The fourth-order valence-electron chi connectivity index (χ4n) is 3.35. The fraction of sp³-hybridized carbons (Fsp3) is 0.273. The molecule has 2 aromatic carbocycles. The topological polar surface area (TPSA) is 80.4 Å². The summed E-state index contributed by atoms with van der Waals surface area (Å²) in [5.74, 6) is 0.666. The summed E-state index contributed by atoms with van der Waals surface area (Å²) in [5.41, 5.74) is 2.69. The second kappa shape index (κ2) is 8.71. The maximum atomic E-state index is 12.4. The number of benzene rings is 2. The van der Waals surface area contributed by atoms with Gasteiger partial charge in [0.25, 0.3) is 0 Å². The Labute approximate surface area is 173 Å². The molecule has 1 aliphatic rings. The molecule has 1 aliphatic heterocycles. The van der Waals surface area contributed by atoms with Crippen LogP contribution in [0, 0.1) is 0 Å². The Hall–Kier alpha value is -2.77. The van der Waals surface area contributed by atoms with Crippen molar-refractivity contribution >= 4 is 34.4 Å². The molecule has 7 heteroatoms. The molecule has 0 bridgehead atoms. The van der Waals surface area contributed by atoms with Crippen LogP contribution in [-0.2, 0) is 9.53 Å². The monoisotopic (exact) mass is 410 g/mol. The van der Waals surface area contributed by atoms with E-state index in [2.05, 4.69) is 16.4 Å².